The van der Waals surface area contributed by atoms with Crippen LogP contribution >= 0.6 is 23.2 Å². The predicted molar refractivity (Wildman–Crippen MR) is 157 cm³/mol. The molecule has 12 heteroatoms. The zero-order valence-corrected chi connectivity index (χ0v) is 23.5. The highest BCUT2D eigenvalue weighted by atomic mass is 35.5. The SMILES string of the molecule is CCOC(=O)C1=NN(c2ccccc2Cl)C(=O)\C1=C/C=C/C=C/c1c(C(=O)OCC)[nH]n(-c2ccccc2Cl)c1=O. The van der Waals surface area contributed by atoms with Gasteiger partial charge in [0.1, 0.15) is 0 Å². The number of H-pyrrole nitrogens is 1. The second kappa shape index (κ2) is 13.1. The van der Waals surface area contributed by atoms with Crippen molar-refractivity contribution in [3.8, 4) is 5.69 Å². The smallest absolute Gasteiger partial charge is 0.359 e. The first kappa shape index (κ1) is 29.3. The van der Waals surface area contributed by atoms with Crippen LogP contribution in [0, 0.1) is 0 Å². The molecule has 0 atom stereocenters. The molecule has 0 bridgehead atoms. The molecule has 4 rings (SSSR count). The number of nitrogens with one attached hydrogen (secondary N) is 1. The third-order valence-corrected chi connectivity index (χ3v) is 6.31. The van der Waals surface area contributed by atoms with E-state index in [1.165, 1.54) is 30.4 Å². The molecule has 1 aromatic heterocycles. The molecule has 0 radical (unpaired) electrons. The predicted octanol–water partition coefficient (Wildman–Crippen LogP) is 5.11. The number of carbonyl (C=O) groups excluding carboxylic acids is 3. The summed E-state index contributed by atoms with van der Waals surface area (Å²) in [6.45, 7) is 3.49. The van der Waals surface area contributed by atoms with E-state index < -0.39 is 23.4 Å². The van der Waals surface area contributed by atoms with Crippen molar-refractivity contribution in [2.75, 3.05) is 18.2 Å². The number of anilines is 1. The molecule has 1 N–H and O–H groups in total. The van der Waals surface area contributed by atoms with E-state index >= 15 is 0 Å². The maximum atomic E-state index is 13.2. The molecule has 1 aliphatic rings. The molecule has 1 amide bonds. The summed E-state index contributed by atoms with van der Waals surface area (Å²) in [6.07, 6.45) is 7.30. The third kappa shape index (κ3) is 6.24. The van der Waals surface area contributed by atoms with Gasteiger partial charge in [-0.15, -0.1) is 0 Å². The number of nitrogens with zero attached hydrogens (tertiary/aromatic N) is 3. The number of aromatic amines is 1. The molecule has 2 heterocycles. The molecule has 0 spiro atoms. The van der Waals surface area contributed by atoms with Crippen LogP contribution in [-0.2, 0) is 19.1 Å². The Hall–Kier alpha value is -4.67. The van der Waals surface area contributed by atoms with E-state index in [-0.39, 0.29) is 40.8 Å². The normalized spacial score (nSPS) is 14.3. The van der Waals surface area contributed by atoms with E-state index in [0.29, 0.717) is 16.4 Å². The second-order valence-corrected chi connectivity index (χ2v) is 9.09. The third-order valence-electron chi connectivity index (χ3n) is 5.67. The van der Waals surface area contributed by atoms with Crippen LogP contribution in [-0.4, -0.2) is 46.6 Å². The largest absolute Gasteiger partial charge is 0.461 e. The van der Waals surface area contributed by atoms with E-state index in [1.807, 2.05) is 0 Å². The quantitative estimate of drug-likeness (QED) is 0.208. The van der Waals surface area contributed by atoms with Gasteiger partial charge in [0.15, 0.2) is 11.4 Å². The Morgan fingerprint density at radius 3 is 2.12 bits per heavy atom. The van der Waals surface area contributed by atoms with Gasteiger partial charge in [-0.25, -0.2) is 14.3 Å². The van der Waals surface area contributed by atoms with E-state index in [9.17, 15) is 19.2 Å². The van der Waals surface area contributed by atoms with Gasteiger partial charge in [0, 0.05) is 0 Å². The van der Waals surface area contributed by atoms with Crippen LogP contribution in [0.4, 0.5) is 5.69 Å². The molecule has 0 saturated heterocycles. The maximum absolute atomic E-state index is 13.2. The van der Waals surface area contributed by atoms with E-state index in [1.54, 1.807) is 62.4 Å². The van der Waals surface area contributed by atoms with Gasteiger partial charge in [-0.2, -0.15) is 10.1 Å². The maximum Gasteiger partial charge on any atom is 0.359 e. The Morgan fingerprint density at radius 1 is 0.878 bits per heavy atom. The molecule has 0 saturated carbocycles. The highest BCUT2D eigenvalue weighted by Crippen LogP contribution is 2.30. The lowest BCUT2D eigenvalue weighted by atomic mass is 10.1. The minimum absolute atomic E-state index is 0.0112. The number of aromatic nitrogens is 2. The highest BCUT2D eigenvalue weighted by Gasteiger charge is 2.36. The summed E-state index contributed by atoms with van der Waals surface area (Å²) in [4.78, 5) is 51.5. The number of hydrazone groups is 1. The number of hydrogen-bond acceptors (Lipinski definition) is 7. The van der Waals surface area contributed by atoms with Crippen LogP contribution in [0.15, 0.2) is 88.3 Å². The van der Waals surface area contributed by atoms with Gasteiger partial charge < -0.3 is 9.47 Å². The van der Waals surface area contributed by atoms with Gasteiger partial charge >= 0.3 is 11.9 Å². The summed E-state index contributed by atoms with van der Waals surface area (Å²) >= 11 is 12.5. The zero-order valence-electron chi connectivity index (χ0n) is 22.0. The fourth-order valence-corrected chi connectivity index (χ4v) is 4.27. The average molecular weight is 595 g/mol. The van der Waals surface area contributed by atoms with Crippen LogP contribution in [0.25, 0.3) is 11.8 Å². The van der Waals surface area contributed by atoms with Gasteiger partial charge in [0.05, 0.1) is 45.8 Å². The van der Waals surface area contributed by atoms with Crippen molar-refractivity contribution in [3.63, 3.8) is 0 Å². The zero-order chi connectivity index (χ0) is 29.5. The van der Waals surface area contributed by atoms with Crippen molar-refractivity contribution in [1.82, 2.24) is 9.78 Å². The molecule has 0 fully saturated rings. The minimum Gasteiger partial charge on any atom is -0.461 e. The van der Waals surface area contributed by atoms with Crippen LogP contribution in [0.5, 0.6) is 0 Å². The lowest BCUT2D eigenvalue weighted by Crippen LogP contribution is -2.23. The van der Waals surface area contributed by atoms with E-state index in [2.05, 4.69) is 10.2 Å². The number of esters is 2. The second-order valence-electron chi connectivity index (χ2n) is 8.27. The molecular weight excluding hydrogens is 571 g/mol. The average Bonchev–Trinajstić information content (AvgIpc) is 3.46. The van der Waals surface area contributed by atoms with E-state index in [4.69, 9.17) is 32.7 Å². The van der Waals surface area contributed by atoms with Crippen molar-refractivity contribution in [2.24, 2.45) is 5.10 Å². The fourth-order valence-electron chi connectivity index (χ4n) is 3.84. The summed E-state index contributed by atoms with van der Waals surface area (Å²) in [7, 11) is 0. The monoisotopic (exact) mass is 594 g/mol. The summed E-state index contributed by atoms with van der Waals surface area (Å²) in [5, 5.41) is 8.54. The number of allylic oxidation sites excluding steroid dienone is 4. The van der Waals surface area contributed by atoms with E-state index in [0.717, 1.165) is 9.69 Å². The Bertz CT molecular complexity index is 1680. The lowest BCUT2D eigenvalue weighted by molar-refractivity contribution is -0.135. The summed E-state index contributed by atoms with van der Waals surface area (Å²) < 4.78 is 11.3. The van der Waals surface area contributed by atoms with Gasteiger partial charge in [0.25, 0.3) is 11.5 Å². The Balaban J connectivity index is 1.66. The molecule has 10 nitrogen and oxygen atoms in total. The first-order valence-electron chi connectivity index (χ1n) is 12.5. The summed E-state index contributed by atoms with van der Waals surface area (Å²) in [5.41, 5.74) is -0.0668. The molecule has 3 aromatic rings. The molecule has 210 valence electrons. The number of carbonyl (C=O) groups is 3. The topological polar surface area (TPSA) is 123 Å². The Labute approximate surface area is 244 Å². The van der Waals surface area contributed by atoms with Crippen LogP contribution in [0.2, 0.25) is 10.0 Å². The number of para-hydroxylation sites is 2. The Morgan fingerprint density at radius 2 is 1.49 bits per heavy atom. The van der Waals surface area contributed by atoms with Crippen molar-refractivity contribution in [1.29, 1.82) is 0 Å². The molecule has 0 unspecified atom stereocenters. The summed E-state index contributed by atoms with van der Waals surface area (Å²) in [5.74, 6) is -2.06. The number of amides is 1. The number of benzene rings is 2. The molecule has 1 aliphatic heterocycles. The Kier molecular flexibility index (Phi) is 9.38. The van der Waals surface area contributed by atoms with Gasteiger partial charge in [0.2, 0.25) is 0 Å². The minimum atomic E-state index is -0.767. The van der Waals surface area contributed by atoms with Gasteiger partial charge in [-0.05, 0) is 50.3 Å². The van der Waals surface area contributed by atoms with Gasteiger partial charge in [-0.1, -0.05) is 65.7 Å². The lowest BCUT2D eigenvalue weighted by Gasteiger charge is -2.12. The number of hydrogen-bond donors (Lipinski definition) is 1. The number of rotatable bonds is 9. The molecule has 41 heavy (non-hydrogen) atoms. The number of ether oxygens (including phenoxy) is 2. The van der Waals surface area contributed by atoms with Crippen molar-refractivity contribution < 1.29 is 23.9 Å². The molecule has 2 aromatic carbocycles. The molecule has 0 aliphatic carbocycles. The first-order valence-corrected chi connectivity index (χ1v) is 13.2. The summed E-state index contributed by atoms with van der Waals surface area (Å²) in [6, 6.07) is 13.2. The fraction of sp³-hybridized carbons (Fsp3) is 0.138. The van der Waals surface area contributed by atoms with Crippen LogP contribution in [0.3, 0.4) is 0 Å². The van der Waals surface area contributed by atoms with Crippen molar-refractivity contribution >= 4 is 58.5 Å². The van der Waals surface area contributed by atoms with Gasteiger partial charge in [-0.3, -0.25) is 14.7 Å². The van der Waals surface area contributed by atoms with Crippen LogP contribution < -0.4 is 10.6 Å². The van der Waals surface area contributed by atoms with Crippen LogP contribution in [0.1, 0.15) is 29.9 Å². The standard InChI is InChI=1S/C29H24Cl2N4O6/c1-3-40-28(38)24-18(26(36)34(32-24)22-16-10-8-14-20(22)30)12-6-5-7-13-19-25(29(39)41-4-2)33-35(27(19)37)23-17-11-9-15-21(23)31/h5-17,32H,3-4H2,1-2H3/b7-5+,12-6+,19-13-. The first-order chi connectivity index (χ1) is 19.8. The van der Waals surface area contributed by atoms with Crippen molar-refractivity contribution in [3.05, 3.63) is 110 Å². The molecular formula is C29H24Cl2N4O6. The number of halogens is 2. The highest BCUT2D eigenvalue weighted by molar-refractivity contribution is 6.53. The van der Waals surface area contributed by atoms with Crippen molar-refractivity contribution in [2.45, 2.75) is 13.8 Å².